The first-order valence-corrected chi connectivity index (χ1v) is 12.9. The topological polar surface area (TPSA) is 35.5 Å². The van der Waals surface area contributed by atoms with E-state index in [0.717, 1.165) is 31.4 Å². The maximum atomic E-state index is 11.9. The van der Waals surface area contributed by atoms with Gasteiger partial charge >= 0.3 is 185 Å². The molecule has 0 aromatic heterocycles. The van der Waals surface area contributed by atoms with Crippen LogP contribution in [0.15, 0.2) is 102 Å². The van der Waals surface area contributed by atoms with E-state index in [-0.39, 0.29) is 12.6 Å². The molecular formula is C27H29O3P. The van der Waals surface area contributed by atoms with Gasteiger partial charge in [0.15, 0.2) is 0 Å². The summed E-state index contributed by atoms with van der Waals surface area (Å²) in [6, 6.07) is 32.5. The molecule has 0 atom stereocenters. The van der Waals surface area contributed by atoms with Crippen molar-refractivity contribution in [3.63, 3.8) is 0 Å². The van der Waals surface area contributed by atoms with E-state index in [9.17, 15) is 4.79 Å². The van der Waals surface area contributed by atoms with E-state index in [1.165, 1.54) is 28.3 Å². The summed E-state index contributed by atoms with van der Waals surface area (Å²) in [5.41, 5.74) is 0. The van der Waals surface area contributed by atoms with Gasteiger partial charge in [-0.1, -0.05) is 0 Å². The standard InChI is InChI=1S/C27H29O3P/c1-29-27(28)21-30-25-19-11-12-20-26(25)31(22-13-5-2-6-14-22,23-15-7-3-8-16-23)24-17-9-4-10-18-24/h2-10,13-18,31H,11-12,19-21H2,1H3. The van der Waals surface area contributed by atoms with Crippen LogP contribution in [0.3, 0.4) is 0 Å². The summed E-state index contributed by atoms with van der Waals surface area (Å²) in [6.45, 7) is -0.0435. The molecule has 1 aliphatic rings. The summed E-state index contributed by atoms with van der Waals surface area (Å²) < 4.78 is 11.0. The van der Waals surface area contributed by atoms with Gasteiger partial charge in [0.05, 0.1) is 0 Å². The van der Waals surface area contributed by atoms with Crippen molar-refractivity contribution in [1.29, 1.82) is 0 Å². The zero-order chi connectivity index (χ0) is 21.5. The SMILES string of the molecule is COC(=O)COC1=C([PH](c2ccccc2)(c2ccccc2)c2ccccc2)CCCC1. The first-order chi connectivity index (χ1) is 15.3. The zero-order valence-corrected chi connectivity index (χ0v) is 18.9. The van der Waals surface area contributed by atoms with E-state index in [2.05, 4.69) is 91.0 Å². The molecule has 31 heavy (non-hydrogen) atoms. The Bertz CT molecular complexity index is 933. The fourth-order valence-corrected chi connectivity index (χ4v) is 10.0. The quantitative estimate of drug-likeness (QED) is 0.402. The van der Waals surface area contributed by atoms with Crippen molar-refractivity contribution in [1.82, 2.24) is 0 Å². The Kier molecular flexibility index (Phi) is 6.84. The molecule has 4 heteroatoms. The fraction of sp³-hybridized carbons (Fsp3) is 0.222. The van der Waals surface area contributed by atoms with Gasteiger partial charge in [-0.05, 0) is 0 Å². The predicted octanol–water partition coefficient (Wildman–Crippen LogP) is 4.69. The Labute approximate surface area is 185 Å². The number of allylic oxidation sites excluding steroid dienone is 2. The summed E-state index contributed by atoms with van der Waals surface area (Å²) in [5, 5.41) is 5.38. The number of ether oxygens (including phenoxy) is 2. The first-order valence-electron chi connectivity index (χ1n) is 10.9. The second-order valence-electron chi connectivity index (χ2n) is 7.82. The number of hydrogen-bond acceptors (Lipinski definition) is 3. The number of hydrogen-bond donors (Lipinski definition) is 0. The molecule has 0 N–H and O–H groups in total. The van der Waals surface area contributed by atoms with Crippen LogP contribution in [-0.2, 0) is 14.3 Å². The van der Waals surface area contributed by atoms with Crippen molar-refractivity contribution in [2.45, 2.75) is 25.7 Å². The van der Waals surface area contributed by atoms with Gasteiger partial charge < -0.3 is 0 Å². The molecule has 0 spiro atoms. The molecule has 0 saturated heterocycles. The Balaban J connectivity index is 2.01. The molecule has 0 fully saturated rings. The first kappa shape index (κ1) is 21.3. The molecule has 3 nitrogen and oxygen atoms in total. The monoisotopic (exact) mass is 432 g/mol. The number of benzene rings is 3. The molecule has 0 amide bonds. The molecule has 0 saturated carbocycles. The number of rotatable bonds is 7. The molecule has 4 rings (SSSR count). The van der Waals surface area contributed by atoms with Crippen molar-refractivity contribution in [3.8, 4) is 0 Å². The van der Waals surface area contributed by atoms with E-state index < -0.39 is 7.26 Å². The van der Waals surface area contributed by atoms with Crippen molar-refractivity contribution < 1.29 is 14.3 Å². The third kappa shape index (κ3) is 4.29. The van der Waals surface area contributed by atoms with Gasteiger partial charge in [-0.2, -0.15) is 0 Å². The summed E-state index contributed by atoms with van der Waals surface area (Å²) in [6.07, 6.45) is 4.03. The Morgan fingerprint density at radius 3 is 1.65 bits per heavy atom. The second-order valence-corrected chi connectivity index (χ2v) is 11.7. The summed E-state index contributed by atoms with van der Waals surface area (Å²) in [7, 11) is -1.16. The average molecular weight is 433 g/mol. The van der Waals surface area contributed by atoms with Crippen LogP contribution in [0, 0.1) is 0 Å². The molecule has 0 heterocycles. The van der Waals surface area contributed by atoms with Gasteiger partial charge in [0.1, 0.15) is 0 Å². The van der Waals surface area contributed by atoms with E-state index >= 15 is 0 Å². The number of carbonyl (C=O) groups excluding carboxylic acids is 1. The molecule has 3 aromatic rings. The predicted molar refractivity (Wildman–Crippen MR) is 130 cm³/mol. The van der Waals surface area contributed by atoms with E-state index in [4.69, 9.17) is 9.47 Å². The Morgan fingerprint density at radius 2 is 1.19 bits per heavy atom. The molecule has 3 aromatic carbocycles. The van der Waals surface area contributed by atoms with Crippen LogP contribution in [0.4, 0.5) is 0 Å². The number of esters is 1. The fourth-order valence-electron chi connectivity index (χ4n) is 4.73. The summed E-state index contributed by atoms with van der Waals surface area (Å²) in [5.74, 6) is 0.628. The molecule has 0 unspecified atom stereocenters. The van der Waals surface area contributed by atoms with Crippen LogP contribution in [0.5, 0.6) is 0 Å². The van der Waals surface area contributed by atoms with E-state index in [1.54, 1.807) is 0 Å². The van der Waals surface area contributed by atoms with Crippen LogP contribution in [0.25, 0.3) is 0 Å². The van der Waals surface area contributed by atoms with Crippen LogP contribution < -0.4 is 15.9 Å². The van der Waals surface area contributed by atoms with Gasteiger partial charge in [0.2, 0.25) is 0 Å². The van der Waals surface area contributed by atoms with E-state index in [0.29, 0.717) is 0 Å². The minimum atomic E-state index is -2.57. The van der Waals surface area contributed by atoms with Crippen LogP contribution in [0.2, 0.25) is 0 Å². The van der Waals surface area contributed by atoms with Crippen molar-refractivity contribution in [2.75, 3.05) is 13.7 Å². The molecule has 0 aliphatic heterocycles. The molecule has 0 bridgehead atoms. The third-order valence-corrected chi connectivity index (χ3v) is 11.1. The molecular weight excluding hydrogens is 403 g/mol. The zero-order valence-electron chi connectivity index (χ0n) is 17.9. The second kappa shape index (κ2) is 9.94. The van der Waals surface area contributed by atoms with Crippen molar-refractivity contribution in [3.05, 3.63) is 102 Å². The van der Waals surface area contributed by atoms with Gasteiger partial charge in [-0.15, -0.1) is 0 Å². The van der Waals surface area contributed by atoms with Gasteiger partial charge in [-0.3, -0.25) is 0 Å². The molecule has 0 radical (unpaired) electrons. The third-order valence-electron chi connectivity index (χ3n) is 6.08. The Morgan fingerprint density at radius 1 is 0.742 bits per heavy atom. The van der Waals surface area contributed by atoms with Crippen molar-refractivity contribution >= 4 is 29.1 Å². The number of carbonyl (C=O) groups is 1. The normalized spacial score (nSPS) is 14.7. The summed E-state index contributed by atoms with van der Waals surface area (Å²) >= 11 is 0. The minimum absolute atomic E-state index is 0.0435. The Hall–Kier alpha value is -2.90. The van der Waals surface area contributed by atoms with Crippen LogP contribution in [-0.4, -0.2) is 19.7 Å². The van der Waals surface area contributed by atoms with E-state index in [1.807, 2.05) is 0 Å². The molecule has 160 valence electrons. The van der Waals surface area contributed by atoms with Gasteiger partial charge in [-0.25, -0.2) is 0 Å². The number of methoxy groups -OCH3 is 1. The molecule has 1 aliphatic carbocycles. The van der Waals surface area contributed by atoms with Gasteiger partial charge in [0.25, 0.3) is 0 Å². The van der Waals surface area contributed by atoms with Crippen LogP contribution >= 0.6 is 7.26 Å². The maximum absolute atomic E-state index is 11.9. The average Bonchev–Trinajstić information content (AvgIpc) is 2.86. The van der Waals surface area contributed by atoms with Crippen molar-refractivity contribution in [2.24, 2.45) is 0 Å². The van der Waals surface area contributed by atoms with Crippen LogP contribution in [0.1, 0.15) is 25.7 Å². The van der Waals surface area contributed by atoms with Gasteiger partial charge in [0, 0.05) is 0 Å². The summed E-state index contributed by atoms with van der Waals surface area (Å²) in [4.78, 5) is 11.9.